The Labute approximate surface area is 115 Å². The van der Waals surface area contributed by atoms with Crippen molar-refractivity contribution in [3.05, 3.63) is 53.9 Å². The molecule has 0 amide bonds. The minimum Gasteiger partial charge on any atom is -0.496 e. The van der Waals surface area contributed by atoms with Crippen LogP contribution in [0, 0.1) is 0 Å². The van der Waals surface area contributed by atoms with E-state index in [9.17, 15) is 4.79 Å². The standard InChI is InChI=1S/C15H13N3O2/c1-20-12-6-2-5-11(16)13(12)14(19)10-8-18-15-9(10)4-3-7-17-15/h2-8H,16H2,1H3,(H,17,18). The minimum atomic E-state index is -0.181. The Morgan fingerprint density at radius 2 is 2.15 bits per heavy atom. The van der Waals surface area contributed by atoms with Gasteiger partial charge in [0.25, 0.3) is 0 Å². The molecule has 2 aromatic heterocycles. The summed E-state index contributed by atoms with van der Waals surface area (Å²) in [6, 6.07) is 8.79. The number of nitrogens with zero attached hydrogens (tertiary/aromatic N) is 1. The fourth-order valence-corrected chi connectivity index (χ4v) is 2.24. The lowest BCUT2D eigenvalue weighted by Gasteiger charge is -2.09. The maximum atomic E-state index is 12.7. The van der Waals surface area contributed by atoms with Gasteiger partial charge in [-0.25, -0.2) is 4.98 Å². The van der Waals surface area contributed by atoms with Crippen LogP contribution in [0.5, 0.6) is 5.75 Å². The summed E-state index contributed by atoms with van der Waals surface area (Å²) in [6.45, 7) is 0. The number of carbonyl (C=O) groups is 1. The molecular weight excluding hydrogens is 254 g/mol. The van der Waals surface area contributed by atoms with Crippen molar-refractivity contribution in [3.8, 4) is 5.75 Å². The number of pyridine rings is 1. The molecule has 0 saturated carbocycles. The molecule has 0 aliphatic heterocycles. The van der Waals surface area contributed by atoms with E-state index in [4.69, 9.17) is 10.5 Å². The second-order valence-corrected chi connectivity index (χ2v) is 4.36. The third-order valence-electron chi connectivity index (χ3n) is 3.20. The second kappa shape index (κ2) is 4.70. The number of carbonyl (C=O) groups excluding carboxylic acids is 1. The second-order valence-electron chi connectivity index (χ2n) is 4.36. The summed E-state index contributed by atoms with van der Waals surface area (Å²) in [4.78, 5) is 19.9. The third kappa shape index (κ3) is 1.80. The third-order valence-corrected chi connectivity index (χ3v) is 3.20. The van der Waals surface area contributed by atoms with Crippen molar-refractivity contribution < 1.29 is 9.53 Å². The van der Waals surface area contributed by atoms with Crippen LogP contribution >= 0.6 is 0 Å². The normalized spacial score (nSPS) is 10.7. The largest absolute Gasteiger partial charge is 0.496 e. The first kappa shape index (κ1) is 12.2. The van der Waals surface area contributed by atoms with Gasteiger partial charge in [0.2, 0.25) is 5.78 Å². The van der Waals surface area contributed by atoms with Gasteiger partial charge in [-0.15, -0.1) is 0 Å². The lowest BCUT2D eigenvalue weighted by molar-refractivity contribution is 0.103. The first-order valence-corrected chi connectivity index (χ1v) is 6.11. The molecule has 0 saturated heterocycles. The molecule has 2 heterocycles. The number of aromatic nitrogens is 2. The van der Waals surface area contributed by atoms with E-state index in [2.05, 4.69) is 9.97 Å². The minimum absolute atomic E-state index is 0.181. The van der Waals surface area contributed by atoms with E-state index >= 15 is 0 Å². The molecule has 1 aromatic carbocycles. The molecule has 0 bridgehead atoms. The van der Waals surface area contributed by atoms with Gasteiger partial charge in [-0.1, -0.05) is 6.07 Å². The van der Waals surface area contributed by atoms with Gasteiger partial charge in [0.05, 0.1) is 12.7 Å². The molecule has 0 atom stereocenters. The van der Waals surface area contributed by atoms with E-state index in [0.29, 0.717) is 28.2 Å². The SMILES string of the molecule is COc1cccc(N)c1C(=O)c1c[nH]c2ncccc12. The molecule has 0 spiro atoms. The van der Waals surface area contributed by atoms with Crippen LogP contribution in [-0.2, 0) is 0 Å². The molecule has 0 radical (unpaired) electrons. The van der Waals surface area contributed by atoms with E-state index in [1.54, 1.807) is 36.7 Å². The molecule has 100 valence electrons. The average Bonchev–Trinajstić information content (AvgIpc) is 2.90. The van der Waals surface area contributed by atoms with E-state index in [0.717, 1.165) is 5.39 Å². The monoisotopic (exact) mass is 267 g/mol. The summed E-state index contributed by atoms with van der Waals surface area (Å²) in [5, 5.41) is 0.766. The summed E-state index contributed by atoms with van der Waals surface area (Å²) in [7, 11) is 1.52. The number of nitrogens with one attached hydrogen (secondary N) is 1. The van der Waals surface area contributed by atoms with Crippen molar-refractivity contribution in [1.82, 2.24) is 9.97 Å². The first-order chi connectivity index (χ1) is 9.72. The number of ether oxygens (including phenoxy) is 1. The quantitative estimate of drug-likeness (QED) is 0.564. The van der Waals surface area contributed by atoms with Crippen LogP contribution < -0.4 is 10.5 Å². The maximum absolute atomic E-state index is 12.7. The van der Waals surface area contributed by atoms with E-state index in [-0.39, 0.29) is 5.78 Å². The smallest absolute Gasteiger partial charge is 0.201 e. The number of hydrogen-bond donors (Lipinski definition) is 2. The molecule has 0 aliphatic rings. The van der Waals surface area contributed by atoms with E-state index in [1.807, 2.05) is 6.07 Å². The number of methoxy groups -OCH3 is 1. The highest BCUT2D eigenvalue weighted by Gasteiger charge is 2.20. The molecule has 3 N–H and O–H groups in total. The zero-order chi connectivity index (χ0) is 14.1. The van der Waals surface area contributed by atoms with Crippen molar-refractivity contribution in [1.29, 1.82) is 0 Å². The van der Waals surface area contributed by atoms with Gasteiger partial charge in [0, 0.05) is 29.0 Å². The van der Waals surface area contributed by atoms with Gasteiger partial charge in [-0.2, -0.15) is 0 Å². The number of H-pyrrole nitrogens is 1. The Bertz CT molecular complexity index is 793. The molecule has 5 heteroatoms. The molecule has 5 nitrogen and oxygen atoms in total. The number of nitrogen functional groups attached to an aromatic ring is 1. The van der Waals surface area contributed by atoms with Crippen LogP contribution in [0.15, 0.2) is 42.7 Å². The first-order valence-electron chi connectivity index (χ1n) is 6.11. The number of rotatable bonds is 3. The summed E-state index contributed by atoms with van der Waals surface area (Å²) in [5.74, 6) is 0.285. The number of nitrogens with two attached hydrogens (primary N) is 1. The molecular formula is C15H13N3O2. The van der Waals surface area contributed by atoms with Gasteiger partial charge in [0.1, 0.15) is 11.4 Å². The molecule has 20 heavy (non-hydrogen) atoms. The number of aromatic amines is 1. The Morgan fingerprint density at radius 3 is 2.95 bits per heavy atom. The number of fused-ring (bicyclic) bond motifs is 1. The van der Waals surface area contributed by atoms with E-state index in [1.165, 1.54) is 7.11 Å². The molecule has 3 rings (SSSR count). The predicted octanol–water partition coefficient (Wildman–Crippen LogP) is 2.38. The van der Waals surface area contributed by atoms with E-state index < -0.39 is 0 Å². The highest BCUT2D eigenvalue weighted by atomic mass is 16.5. The van der Waals surface area contributed by atoms with Crippen LogP contribution in [0.2, 0.25) is 0 Å². The fraction of sp³-hybridized carbons (Fsp3) is 0.0667. The molecule has 0 fully saturated rings. The van der Waals surface area contributed by atoms with Gasteiger partial charge in [-0.05, 0) is 24.3 Å². The average molecular weight is 267 g/mol. The van der Waals surface area contributed by atoms with Crippen molar-refractivity contribution in [2.45, 2.75) is 0 Å². The van der Waals surface area contributed by atoms with Crippen molar-refractivity contribution in [3.63, 3.8) is 0 Å². The molecule has 0 aliphatic carbocycles. The lowest BCUT2D eigenvalue weighted by atomic mass is 10.0. The van der Waals surface area contributed by atoms with Crippen LogP contribution in [0.25, 0.3) is 11.0 Å². The predicted molar refractivity (Wildman–Crippen MR) is 76.9 cm³/mol. The van der Waals surface area contributed by atoms with Crippen molar-refractivity contribution in [2.75, 3.05) is 12.8 Å². The zero-order valence-corrected chi connectivity index (χ0v) is 10.9. The number of ketones is 1. The van der Waals surface area contributed by atoms with Gasteiger partial charge in [0.15, 0.2) is 0 Å². The van der Waals surface area contributed by atoms with Crippen LogP contribution in [0.3, 0.4) is 0 Å². The number of benzene rings is 1. The van der Waals surface area contributed by atoms with Gasteiger partial charge in [-0.3, -0.25) is 4.79 Å². The van der Waals surface area contributed by atoms with Gasteiger partial charge < -0.3 is 15.5 Å². The topological polar surface area (TPSA) is 81.0 Å². The Morgan fingerprint density at radius 1 is 1.30 bits per heavy atom. The van der Waals surface area contributed by atoms with Crippen molar-refractivity contribution in [2.24, 2.45) is 0 Å². The maximum Gasteiger partial charge on any atom is 0.201 e. The fourth-order valence-electron chi connectivity index (χ4n) is 2.24. The summed E-state index contributed by atoms with van der Waals surface area (Å²) < 4.78 is 5.23. The Balaban J connectivity index is 2.19. The lowest BCUT2D eigenvalue weighted by Crippen LogP contribution is -2.07. The van der Waals surface area contributed by atoms with Crippen LogP contribution in [-0.4, -0.2) is 22.9 Å². The molecule has 0 unspecified atom stereocenters. The number of anilines is 1. The Kier molecular flexibility index (Phi) is 2.87. The summed E-state index contributed by atoms with van der Waals surface area (Å²) >= 11 is 0. The summed E-state index contributed by atoms with van der Waals surface area (Å²) in [6.07, 6.45) is 3.32. The van der Waals surface area contributed by atoms with Gasteiger partial charge >= 0.3 is 0 Å². The van der Waals surface area contributed by atoms with Crippen LogP contribution in [0.1, 0.15) is 15.9 Å². The highest BCUT2D eigenvalue weighted by Crippen LogP contribution is 2.29. The highest BCUT2D eigenvalue weighted by molar-refractivity contribution is 6.19. The van der Waals surface area contributed by atoms with Crippen molar-refractivity contribution >= 4 is 22.5 Å². The number of hydrogen-bond acceptors (Lipinski definition) is 4. The molecule has 3 aromatic rings. The Hall–Kier alpha value is -2.82. The zero-order valence-electron chi connectivity index (χ0n) is 10.9. The van der Waals surface area contributed by atoms with Crippen LogP contribution in [0.4, 0.5) is 5.69 Å². The summed E-state index contributed by atoms with van der Waals surface area (Å²) in [5.41, 5.74) is 7.89.